The number of Topliss-reactive ketones (excluding diaryl/α,β-unsaturated/α-hetero) is 1. The van der Waals surface area contributed by atoms with Crippen LogP contribution in [0.2, 0.25) is 10.0 Å². The van der Waals surface area contributed by atoms with E-state index in [1.165, 1.54) is 0 Å². The summed E-state index contributed by atoms with van der Waals surface area (Å²) in [6.45, 7) is 5.71. The van der Waals surface area contributed by atoms with Gasteiger partial charge in [0.25, 0.3) is 5.91 Å². The van der Waals surface area contributed by atoms with E-state index < -0.39 is 0 Å². The van der Waals surface area contributed by atoms with E-state index in [4.69, 9.17) is 23.2 Å². The standard InChI is InChI=1S/C23H24Cl2N2O3/c1-15-3-4-17(11-16(15)2)21(28)5-6-22(29)26-7-9-27(10-8-26)23(30)18-12-19(24)14-20(25)13-18/h3-4,11-14H,5-10H2,1-2H3. The summed E-state index contributed by atoms with van der Waals surface area (Å²) in [4.78, 5) is 41.0. The predicted molar refractivity (Wildman–Crippen MR) is 118 cm³/mol. The Hall–Kier alpha value is -2.37. The Morgan fingerprint density at radius 1 is 0.767 bits per heavy atom. The van der Waals surface area contributed by atoms with E-state index in [0.29, 0.717) is 47.4 Å². The van der Waals surface area contributed by atoms with Crippen LogP contribution in [0.5, 0.6) is 0 Å². The Kier molecular flexibility index (Phi) is 7.16. The average molecular weight is 447 g/mol. The van der Waals surface area contributed by atoms with Crippen LogP contribution in [0, 0.1) is 13.8 Å². The van der Waals surface area contributed by atoms with Crippen molar-refractivity contribution >= 4 is 40.8 Å². The van der Waals surface area contributed by atoms with E-state index in [1.807, 2.05) is 32.0 Å². The lowest BCUT2D eigenvalue weighted by Gasteiger charge is -2.35. The molecular formula is C23H24Cl2N2O3. The summed E-state index contributed by atoms with van der Waals surface area (Å²) in [5.41, 5.74) is 3.27. The molecule has 0 atom stereocenters. The summed E-state index contributed by atoms with van der Waals surface area (Å²) in [5.74, 6) is -0.250. The number of carbonyl (C=O) groups is 3. The first kappa shape index (κ1) is 22.3. The number of hydrogen-bond donors (Lipinski definition) is 0. The Labute approximate surface area is 186 Å². The molecule has 0 aromatic heterocycles. The molecule has 30 heavy (non-hydrogen) atoms. The van der Waals surface area contributed by atoms with Gasteiger partial charge < -0.3 is 9.80 Å². The van der Waals surface area contributed by atoms with E-state index in [1.54, 1.807) is 28.0 Å². The third kappa shape index (κ3) is 5.41. The van der Waals surface area contributed by atoms with Gasteiger partial charge in [-0.15, -0.1) is 0 Å². The van der Waals surface area contributed by atoms with Crippen molar-refractivity contribution in [3.8, 4) is 0 Å². The number of nitrogens with zero attached hydrogens (tertiary/aromatic N) is 2. The molecule has 158 valence electrons. The van der Waals surface area contributed by atoms with Crippen LogP contribution in [-0.4, -0.2) is 53.6 Å². The van der Waals surface area contributed by atoms with Crippen LogP contribution in [-0.2, 0) is 4.79 Å². The Balaban J connectivity index is 1.50. The first-order chi connectivity index (χ1) is 14.2. The number of carbonyl (C=O) groups excluding carboxylic acids is 3. The number of ketones is 1. The van der Waals surface area contributed by atoms with E-state index in [2.05, 4.69) is 0 Å². The van der Waals surface area contributed by atoms with Gasteiger partial charge in [-0.1, -0.05) is 35.3 Å². The fourth-order valence-electron chi connectivity index (χ4n) is 3.46. The first-order valence-electron chi connectivity index (χ1n) is 9.88. The number of rotatable bonds is 5. The lowest BCUT2D eigenvalue weighted by Crippen LogP contribution is -2.50. The highest BCUT2D eigenvalue weighted by atomic mass is 35.5. The van der Waals surface area contributed by atoms with Crippen molar-refractivity contribution in [1.29, 1.82) is 0 Å². The summed E-state index contributed by atoms with van der Waals surface area (Å²) in [5, 5.41) is 0.821. The molecule has 1 fully saturated rings. The molecule has 1 saturated heterocycles. The molecule has 0 aliphatic carbocycles. The number of aryl methyl sites for hydroxylation is 2. The highest BCUT2D eigenvalue weighted by Gasteiger charge is 2.25. The van der Waals surface area contributed by atoms with Crippen molar-refractivity contribution in [2.45, 2.75) is 26.7 Å². The second-order valence-corrected chi connectivity index (χ2v) is 8.43. The van der Waals surface area contributed by atoms with Gasteiger partial charge in [-0.3, -0.25) is 14.4 Å². The molecule has 5 nitrogen and oxygen atoms in total. The molecule has 0 spiro atoms. The van der Waals surface area contributed by atoms with Crippen molar-refractivity contribution in [2.24, 2.45) is 0 Å². The summed E-state index contributed by atoms with van der Waals surface area (Å²) in [7, 11) is 0. The summed E-state index contributed by atoms with van der Waals surface area (Å²) in [6, 6.07) is 10.4. The summed E-state index contributed by atoms with van der Waals surface area (Å²) < 4.78 is 0. The lowest BCUT2D eigenvalue weighted by atomic mass is 10.0. The van der Waals surface area contributed by atoms with Crippen molar-refractivity contribution in [2.75, 3.05) is 26.2 Å². The minimum atomic E-state index is -0.156. The number of hydrogen-bond acceptors (Lipinski definition) is 3. The maximum absolute atomic E-state index is 12.7. The largest absolute Gasteiger partial charge is 0.339 e. The fourth-order valence-corrected chi connectivity index (χ4v) is 3.98. The Bertz CT molecular complexity index is 962. The minimum Gasteiger partial charge on any atom is -0.339 e. The van der Waals surface area contributed by atoms with Crippen molar-refractivity contribution in [3.05, 3.63) is 68.7 Å². The van der Waals surface area contributed by atoms with Crippen molar-refractivity contribution < 1.29 is 14.4 Å². The van der Waals surface area contributed by atoms with Gasteiger partial charge in [-0.2, -0.15) is 0 Å². The molecule has 1 heterocycles. The first-order valence-corrected chi connectivity index (χ1v) is 10.6. The van der Waals surface area contributed by atoms with Gasteiger partial charge in [0.15, 0.2) is 5.78 Å². The van der Waals surface area contributed by atoms with Crippen LogP contribution < -0.4 is 0 Å². The molecule has 3 rings (SSSR count). The highest BCUT2D eigenvalue weighted by Crippen LogP contribution is 2.21. The molecule has 2 aromatic carbocycles. The van der Waals surface area contributed by atoms with Crippen molar-refractivity contribution in [3.63, 3.8) is 0 Å². The topological polar surface area (TPSA) is 57.7 Å². The number of halogens is 2. The molecule has 1 aliphatic heterocycles. The van der Waals surface area contributed by atoms with Gasteiger partial charge in [-0.25, -0.2) is 0 Å². The molecule has 0 saturated carbocycles. The maximum atomic E-state index is 12.7. The summed E-state index contributed by atoms with van der Waals surface area (Å²) >= 11 is 12.0. The maximum Gasteiger partial charge on any atom is 0.254 e. The minimum absolute atomic E-state index is 0.0295. The SMILES string of the molecule is Cc1ccc(C(=O)CCC(=O)N2CCN(C(=O)c3cc(Cl)cc(Cl)c3)CC2)cc1C. The molecule has 7 heteroatoms. The zero-order valence-electron chi connectivity index (χ0n) is 17.1. The van der Waals surface area contributed by atoms with Crippen LogP contribution in [0.3, 0.4) is 0 Å². The molecule has 0 bridgehead atoms. The third-order valence-electron chi connectivity index (χ3n) is 5.42. The van der Waals surface area contributed by atoms with E-state index in [9.17, 15) is 14.4 Å². The second kappa shape index (κ2) is 9.63. The highest BCUT2D eigenvalue weighted by molar-refractivity contribution is 6.35. The van der Waals surface area contributed by atoms with Crippen LogP contribution in [0.1, 0.15) is 44.7 Å². The fraction of sp³-hybridized carbons (Fsp3) is 0.348. The zero-order chi connectivity index (χ0) is 21.8. The van der Waals surface area contributed by atoms with Crippen LogP contribution in [0.15, 0.2) is 36.4 Å². The monoisotopic (exact) mass is 446 g/mol. The van der Waals surface area contributed by atoms with Gasteiger partial charge >= 0.3 is 0 Å². The van der Waals surface area contributed by atoms with Crippen LogP contribution in [0.4, 0.5) is 0 Å². The van der Waals surface area contributed by atoms with E-state index >= 15 is 0 Å². The average Bonchev–Trinajstić information content (AvgIpc) is 2.72. The Morgan fingerprint density at radius 3 is 1.97 bits per heavy atom. The van der Waals surface area contributed by atoms with Crippen molar-refractivity contribution in [1.82, 2.24) is 9.80 Å². The van der Waals surface area contributed by atoms with Gasteiger partial charge in [0.05, 0.1) is 0 Å². The van der Waals surface area contributed by atoms with Gasteiger partial charge in [0, 0.05) is 60.2 Å². The molecule has 0 radical (unpaired) electrons. The lowest BCUT2D eigenvalue weighted by molar-refractivity contribution is -0.132. The van der Waals surface area contributed by atoms with Gasteiger partial charge in [-0.05, 0) is 49.2 Å². The quantitative estimate of drug-likeness (QED) is 0.632. The normalized spacial score (nSPS) is 14.0. The van der Waals surface area contributed by atoms with E-state index in [0.717, 1.165) is 11.1 Å². The van der Waals surface area contributed by atoms with Crippen LogP contribution in [0.25, 0.3) is 0 Å². The predicted octanol–water partition coefficient (Wildman–Crippen LogP) is 4.56. The number of amides is 2. The van der Waals surface area contributed by atoms with E-state index in [-0.39, 0.29) is 30.4 Å². The second-order valence-electron chi connectivity index (χ2n) is 7.55. The zero-order valence-corrected chi connectivity index (χ0v) is 18.6. The van der Waals surface area contributed by atoms with Crippen LogP contribution >= 0.6 is 23.2 Å². The smallest absolute Gasteiger partial charge is 0.254 e. The number of benzene rings is 2. The molecule has 2 amide bonds. The molecular weight excluding hydrogens is 423 g/mol. The molecule has 0 unspecified atom stereocenters. The molecule has 0 N–H and O–H groups in total. The Morgan fingerprint density at radius 2 is 1.37 bits per heavy atom. The van der Waals surface area contributed by atoms with Gasteiger partial charge in [0.2, 0.25) is 5.91 Å². The molecule has 1 aliphatic rings. The number of piperazine rings is 1. The summed E-state index contributed by atoms with van der Waals surface area (Å²) in [6.07, 6.45) is 0.352. The third-order valence-corrected chi connectivity index (χ3v) is 5.86. The molecule has 2 aromatic rings. The van der Waals surface area contributed by atoms with Gasteiger partial charge in [0.1, 0.15) is 0 Å².